The van der Waals surface area contributed by atoms with E-state index in [1.54, 1.807) is 16.8 Å². The molecule has 0 spiro atoms. The van der Waals surface area contributed by atoms with Crippen molar-refractivity contribution in [2.45, 2.75) is 19.4 Å². The Kier molecular flexibility index (Phi) is 5.07. The number of nitro groups is 1. The molecule has 0 fully saturated rings. The predicted octanol–water partition coefficient (Wildman–Crippen LogP) is 3.80. The van der Waals surface area contributed by atoms with Crippen LogP contribution in [0.25, 0.3) is 5.69 Å². The van der Waals surface area contributed by atoms with Crippen LogP contribution in [0.4, 0.5) is 5.82 Å². The first-order chi connectivity index (χ1) is 16.4. The van der Waals surface area contributed by atoms with Crippen molar-refractivity contribution in [3.05, 3.63) is 98.0 Å². The quantitative estimate of drug-likeness (QED) is 0.336. The van der Waals surface area contributed by atoms with E-state index < -0.39 is 16.7 Å². The fraction of sp³-hybridized carbons (Fsp3) is 0.136. The highest BCUT2D eigenvalue weighted by atomic mass is 35.5. The molecule has 0 radical (unpaired) electrons. The summed E-state index contributed by atoms with van der Waals surface area (Å²) in [4.78, 5) is 10.3. The summed E-state index contributed by atoms with van der Waals surface area (Å²) >= 11 is 5.88. The van der Waals surface area contributed by atoms with E-state index in [2.05, 4.69) is 16.3 Å². The Morgan fingerprint density at radius 1 is 1.26 bits per heavy atom. The van der Waals surface area contributed by atoms with E-state index in [9.17, 15) is 15.4 Å². The summed E-state index contributed by atoms with van der Waals surface area (Å²) in [5.41, 5.74) is 8.41. The minimum atomic E-state index is -0.657. The molecule has 12 heteroatoms. The molecule has 34 heavy (non-hydrogen) atoms. The van der Waals surface area contributed by atoms with Gasteiger partial charge in [-0.2, -0.15) is 15.0 Å². The summed E-state index contributed by atoms with van der Waals surface area (Å²) in [6, 6.07) is 15.0. The minimum Gasteiger partial charge on any atom is -0.463 e. The standard InChI is InChI=1S/C22H16ClN7O4/c1-12-18-19(17-8-7-14(33-17)10-28-11-16(23)21(27-28)30(31)32)15(9-24)20(25)34-22(18)29(26-12)13-5-3-2-4-6-13/h2-8,11,19H,10,25H2,1H3. The van der Waals surface area contributed by atoms with E-state index in [1.807, 2.05) is 37.3 Å². The lowest BCUT2D eigenvalue weighted by Gasteiger charge is -2.23. The third-order valence-electron chi connectivity index (χ3n) is 5.39. The van der Waals surface area contributed by atoms with Crippen molar-refractivity contribution in [3.63, 3.8) is 0 Å². The van der Waals surface area contributed by atoms with E-state index in [1.165, 1.54) is 10.9 Å². The lowest BCUT2D eigenvalue weighted by Crippen LogP contribution is -2.21. The Morgan fingerprint density at radius 3 is 2.71 bits per heavy atom. The van der Waals surface area contributed by atoms with E-state index in [0.717, 1.165) is 5.69 Å². The van der Waals surface area contributed by atoms with Crippen molar-refractivity contribution >= 4 is 17.4 Å². The van der Waals surface area contributed by atoms with Crippen LogP contribution < -0.4 is 10.5 Å². The number of aryl methyl sites for hydroxylation is 1. The fourth-order valence-corrected chi connectivity index (χ4v) is 4.15. The average Bonchev–Trinajstić information content (AvgIpc) is 3.51. The van der Waals surface area contributed by atoms with E-state index in [0.29, 0.717) is 28.7 Å². The maximum atomic E-state index is 11.0. The summed E-state index contributed by atoms with van der Waals surface area (Å²) in [6.07, 6.45) is 1.35. The number of aromatic nitrogens is 4. The fourth-order valence-electron chi connectivity index (χ4n) is 3.93. The Labute approximate surface area is 197 Å². The Balaban J connectivity index is 1.55. The molecule has 1 aromatic carbocycles. The van der Waals surface area contributed by atoms with Gasteiger partial charge < -0.3 is 25.0 Å². The van der Waals surface area contributed by atoms with Crippen LogP contribution in [0, 0.1) is 28.4 Å². The van der Waals surface area contributed by atoms with Gasteiger partial charge in [0.25, 0.3) is 0 Å². The molecule has 0 saturated carbocycles. The highest BCUT2D eigenvalue weighted by molar-refractivity contribution is 6.32. The number of nitriles is 1. The van der Waals surface area contributed by atoms with Gasteiger partial charge in [0, 0.05) is 0 Å². The molecule has 11 nitrogen and oxygen atoms in total. The largest absolute Gasteiger partial charge is 0.463 e. The monoisotopic (exact) mass is 477 g/mol. The first-order valence-electron chi connectivity index (χ1n) is 10.1. The number of rotatable bonds is 5. The van der Waals surface area contributed by atoms with Crippen LogP contribution in [-0.4, -0.2) is 24.5 Å². The Bertz CT molecular complexity index is 1490. The van der Waals surface area contributed by atoms with Gasteiger partial charge in [0.05, 0.1) is 34.2 Å². The Morgan fingerprint density at radius 2 is 2.03 bits per heavy atom. The normalized spacial score (nSPS) is 15.0. The van der Waals surface area contributed by atoms with Gasteiger partial charge >= 0.3 is 5.82 Å². The maximum Gasteiger partial charge on any atom is 0.408 e. The SMILES string of the molecule is Cc1nn(-c2ccccc2)c2c1C(c1ccc(Cn3cc(Cl)c([N+](=O)[O-])n3)o1)C(C#N)=C(N)O2. The van der Waals surface area contributed by atoms with Gasteiger partial charge in [-0.15, -0.1) is 0 Å². The highest BCUT2D eigenvalue weighted by Gasteiger charge is 2.38. The van der Waals surface area contributed by atoms with Crippen molar-refractivity contribution in [1.29, 1.82) is 5.26 Å². The molecule has 170 valence electrons. The summed E-state index contributed by atoms with van der Waals surface area (Å²) in [5.74, 6) is 0.190. The molecular formula is C22H16ClN7O4. The second kappa shape index (κ2) is 8.09. The number of fused-ring (bicyclic) bond motifs is 1. The minimum absolute atomic E-state index is 0.0375. The van der Waals surface area contributed by atoms with Gasteiger partial charge in [-0.1, -0.05) is 29.8 Å². The number of nitrogens with two attached hydrogens (primary N) is 1. The molecule has 0 aliphatic carbocycles. The molecular weight excluding hydrogens is 462 g/mol. The van der Waals surface area contributed by atoms with Crippen LogP contribution in [0.15, 0.2) is 64.5 Å². The van der Waals surface area contributed by atoms with E-state index in [-0.39, 0.29) is 23.0 Å². The molecule has 2 N–H and O–H groups in total. The van der Waals surface area contributed by atoms with Gasteiger partial charge in [-0.25, -0.2) is 4.68 Å². The lowest BCUT2D eigenvalue weighted by molar-refractivity contribution is -0.389. The second-order valence-corrected chi connectivity index (χ2v) is 7.94. The molecule has 0 amide bonds. The van der Waals surface area contributed by atoms with Gasteiger partial charge in [-0.3, -0.25) is 0 Å². The van der Waals surface area contributed by atoms with Crippen LogP contribution in [0.5, 0.6) is 5.88 Å². The molecule has 1 atom stereocenters. The number of benzene rings is 1. The number of halogens is 1. The van der Waals surface area contributed by atoms with Crippen LogP contribution in [-0.2, 0) is 6.54 Å². The number of ether oxygens (including phenoxy) is 1. The summed E-state index contributed by atoms with van der Waals surface area (Å²) in [7, 11) is 0. The number of para-hydroxylation sites is 1. The molecule has 1 unspecified atom stereocenters. The maximum absolute atomic E-state index is 11.0. The first-order valence-corrected chi connectivity index (χ1v) is 10.4. The van der Waals surface area contributed by atoms with Gasteiger partial charge in [0.2, 0.25) is 11.8 Å². The van der Waals surface area contributed by atoms with Crippen LogP contribution in [0.3, 0.4) is 0 Å². The lowest BCUT2D eigenvalue weighted by atomic mass is 9.88. The third-order valence-corrected chi connectivity index (χ3v) is 5.66. The van der Waals surface area contributed by atoms with Crippen molar-refractivity contribution < 1.29 is 14.1 Å². The molecule has 1 aliphatic rings. The summed E-state index contributed by atoms with van der Waals surface area (Å²) in [6.45, 7) is 1.92. The molecule has 4 heterocycles. The number of hydrogen-bond acceptors (Lipinski definition) is 8. The zero-order valence-electron chi connectivity index (χ0n) is 17.7. The summed E-state index contributed by atoms with van der Waals surface area (Å²) < 4.78 is 14.8. The van der Waals surface area contributed by atoms with E-state index in [4.69, 9.17) is 26.5 Å². The molecule has 3 aromatic heterocycles. The predicted molar refractivity (Wildman–Crippen MR) is 119 cm³/mol. The number of hydrogen-bond donors (Lipinski definition) is 1. The van der Waals surface area contributed by atoms with Crippen molar-refractivity contribution in [2.24, 2.45) is 5.73 Å². The topological polar surface area (TPSA) is 151 Å². The summed E-state index contributed by atoms with van der Waals surface area (Å²) in [5, 5.41) is 29.2. The molecule has 1 aliphatic heterocycles. The van der Waals surface area contributed by atoms with Gasteiger partial charge in [0.1, 0.15) is 29.7 Å². The van der Waals surface area contributed by atoms with Gasteiger partial charge in [-0.05, 0) is 36.1 Å². The van der Waals surface area contributed by atoms with Gasteiger partial charge in [0.15, 0.2) is 5.02 Å². The van der Waals surface area contributed by atoms with Crippen LogP contribution in [0.1, 0.15) is 28.7 Å². The van der Waals surface area contributed by atoms with E-state index >= 15 is 0 Å². The molecule has 0 bridgehead atoms. The van der Waals surface area contributed by atoms with Crippen molar-refractivity contribution in [2.75, 3.05) is 0 Å². The van der Waals surface area contributed by atoms with Crippen LogP contribution >= 0.6 is 11.6 Å². The Hall–Kier alpha value is -4.56. The smallest absolute Gasteiger partial charge is 0.408 e. The third kappa shape index (κ3) is 3.46. The van der Waals surface area contributed by atoms with Crippen molar-refractivity contribution in [3.8, 4) is 17.6 Å². The number of furan rings is 1. The zero-order chi connectivity index (χ0) is 24.0. The zero-order valence-corrected chi connectivity index (χ0v) is 18.4. The first kappa shape index (κ1) is 21.3. The molecule has 4 aromatic rings. The average molecular weight is 478 g/mol. The van der Waals surface area contributed by atoms with Crippen LogP contribution in [0.2, 0.25) is 5.02 Å². The van der Waals surface area contributed by atoms with Crippen molar-refractivity contribution in [1.82, 2.24) is 19.6 Å². The molecule has 5 rings (SSSR count). The molecule has 0 saturated heterocycles. The number of nitrogens with zero attached hydrogens (tertiary/aromatic N) is 6. The highest BCUT2D eigenvalue weighted by Crippen LogP contribution is 2.45. The second-order valence-electron chi connectivity index (χ2n) is 7.54. The number of allylic oxidation sites excluding steroid dienone is 1.